The first-order valence-electron chi connectivity index (χ1n) is 11.5. The van der Waals surface area contributed by atoms with Crippen LogP contribution in [0.25, 0.3) is 21.9 Å². The molecule has 0 fully saturated rings. The number of ether oxygens (including phenoxy) is 3. The van der Waals surface area contributed by atoms with Crippen molar-refractivity contribution in [3.05, 3.63) is 63.6 Å². The van der Waals surface area contributed by atoms with E-state index in [2.05, 4.69) is 10.3 Å². The van der Waals surface area contributed by atoms with Crippen molar-refractivity contribution in [2.24, 2.45) is 0 Å². The van der Waals surface area contributed by atoms with E-state index in [0.717, 1.165) is 22.2 Å². The van der Waals surface area contributed by atoms with Crippen LogP contribution in [0, 0.1) is 6.92 Å². The van der Waals surface area contributed by atoms with Crippen molar-refractivity contribution in [1.29, 1.82) is 0 Å². The molecule has 0 atom stereocenters. The standard InChI is InChI=1S/C27H26N2O8/c1-14-19-6-8-23(35-15(2)30)26(36-16(3)31)25(19)37-27(33)20(14)12-24(32)28-10-9-17-13-29-22-7-5-18(34-4)11-21(17)22/h5-8,11,13,29H,9-10,12H2,1-4H3,(H,28,32). The molecule has 0 unspecified atom stereocenters. The van der Waals surface area contributed by atoms with E-state index in [1.54, 1.807) is 20.1 Å². The minimum Gasteiger partial charge on any atom is -0.497 e. The summed E-state index contributed by atoms with van der Waals surface area (Å²) in [5.74, 6) is -1.15. The summed E-state index contributed by atoms with van der Waals surface area (Å²) < 4.78 is 21.0. The van der Waals surface area contributed by atoms with Gasteiger partial charge in [0, 0.05) is 42.9 Å². The molecule has 2 aromatic heterocycles. The lowest BCUT2D eigenvalue weighted by atomic mass is 10.0. The Kier molecular flexibility index (Phi) is 7.28. The zero-order valence-electron chi connectivity index (χ0n) is 20.9. The molecule has 0 aliphatic carbocycles. The van der Waals surface area contributed by atoms with E-state index in [4.69, 9.17) is 18.6 Å². The molecule has 1 amide bonds. The number of aromatic nitrogens is 1. The third kappa shape index (κ3) is 5.48. The number of methoxy groups -OCH3 is 1. The van der Waals surface area contributed by atoms with Crippen LogP contribution in [0.4, 0.5) is 0 Å². The van der Waals surface area contributed by atoms with Crippen LogP contribution in [-0.4, -0.2) is 36.5 Å². The highest BCUT2D eigenvalue weighted by Gasteiger charge is 2.22. The first kappa shape index (κ1) is 25.5. The van der Waals surface area contributed by atoms with Crippen molar-refractivity contribution >= 4 is 39.7 Å². The number of carbonyl (C=O) groups is 3. The zero-order valence-corrected chi connectivity index (χ0v) is 20.9. The van der Waals surface area contributed by atoms with Crippen LogP contribution >= 0.6 is 0 Å². The minimum absolute atomic E-state index is 0.0460. The van der Waals surface area contributed by atoms with E-state index in [9.17, 15) is 19.2 Å². The average Bonchev–Trinajstić information content (AvgIpc) is 3.25. The molecule has 4 aromatic rings. The van der Waals surface area contributed by atoms with Crippen LogP contribution in [0.1, 0.15) is 30.5 Å². The van der Waals surface area contributed by atoms with Crippen LogP contribution in [0.3, 0.4) is 0 Å². The van der Waals surface area contributed by atoms with Gasteiger partial charge in [-0.2, -0.15) is 0 Å². The number of carbonyl (C=O) groups excluding carboxylic acids is 3. The maximum atomic E-state index is 12.8. The largest absolute Gasteiger partial charge is 0.497 e. The highest BCUT2D eigenvalue weighted by Crippen LogP contribution is 2.37. The second-order valence-electron chi connectivity index (χ2n) is 8.45. The Morgan fingerprint density at radius 2 is 1.78 bits per heavy atom. The molecule has 0 saturated carbocycles. The molecular weight excluding hydrogens is 480 g/mol. The van der Waals surface area contributed by atoms with Crippen LogP contribution in [0.5, 0.6) is 17.2 Å². The molecule has 0 radical (unpaired) electrons. The fourth-order valence-electron chi connectivity index (χ4n) is 4.14. The van der Waals surface area contributed by atoms with Gasteiger partial charge in [-0.15, -0.1) is 0 Å². The lowest BCUT2D eigenvalue weighted by Crippen LogP contribution is -2.29. The first-order chi connectivity index (χ1) is 17.7. The number of nitrogens with one attached hydrogen (secondary N) is 2. The van der Waals surface area contributed by atoms with Crippen molar-refractivity contribution in [2.75, 3.05) is 13.7 Å². The summed E-state index contributed by atoms with van der Waals surface area (Å²) >= 11 is 0. The molecule has 192 valence electrons. The van der Waals surface area contributed by atoms with Gasteiger partial charge in [-0.3, -0.25) is 14.4 Å². The third-order valence-corrected chi connectivity index (χ3v) is 5.90. The van der Waals surface area contributed by atoms with Gasteiger partial charge in [0.2, 0.25) is 11.7 Å². The summed E-state index contributed by atoms with van der Waals surface area (Å²) in [6.07, 6.45) is 2.28. The normalized spacial score (nSPS) is 10.9. The quantitative estimate of drug-likeness (QED) is 0.211. The number of esters is 2. The van der Waals surface area contributed by atoms with Crippen LogP contribution in [-0.2, 0) is 27.2 Å². The average molecular weight is 507 g/mol. The summed E-state index contributed by atoms with van der Waals surface area (Å²) in [5, 5.41) is 4.30. The molecule has 0 aliphatic heterocycles. The Labute approximate surface area is 211 Å². The minimum atomic E-state index is -0.753. The maximum absolute atomic E-state index is 12.8. The molecule has 10 heteroatoms. The van der Waals surface area contributed by atoms with E-state index >= 15 is 0 Å². The number of aryl methyl sites for hydroxylation is 1. The number of aromatic amines is 1. The van der Waals surface area contributed by atoms with Crippen molar-refractivity contribution in [3.63, 3.8) is 0 Å². The van der Waals surface area contributed by atoms with Gasteiger partial charge in [-0.05, 0) is 54.8 Å². The lowest BCUT2D eigenvalue weighted by molar-refractivity contribution is -0.134. The van der Waals surface area contributed by atoms with Gasteiger partial charge < -0.3 is 28.9 Å². The summed E-state index contributed by atoms with van der Waals surface area (Å²) in [5.41, 5.74) is 1.87. The first-order valence-corrected chi connectivity index (χ1v) is 11.5. The summed E-state index contributed by atoms with van der Waals surface area (Å²) in [4.78, 5) is 51.8. The van der Waals surface area contributed by atoms with E-state index in [0.29, 0.717) is 23.9 Å². The van der Waals surface area contributed by atoms with Gasteiger partial charge in [0.15, 0.2) is 11.3 Å². The van der Waals surface area contributed by atoms with E-state index in [1.807, 2.05) is 24.4 Å². The number of H-pyrrole nitrogens is 1. The second-order valence-corrected chi connectivity index (χ2v) is 8.45. The van der Waals surface area contributed by atoms with Crippen molar-refractivity contribution in [1.82, 2.24) is 10.3 Å². The Balaban J connectivity index is 1.53. The monoisotopic (exact) mass is 506 g/mol. The summed E-state index contributed by atoms with van der Waals surface area (Å²) in [7, 11) is 1.61. The maximum Gasteiger partial charge on any atom is 0.340 e. The van der Waals surface area contributed by atoms with Crippen molar-refractivity contribution in [2.45, 2.75) is 33.6 Å². The Morgan fingerprint density at radius 3 is 2.49 bits per heavy atom. The lowest BCUT2D eigenvalue weighted by Gasteiger charge is -2.13. The Morgan fingerprint density at radius 1 is 1.03 bits per heavy atom. The molecule has 2 heterocycles. The summed E-state index contributed by atoms with van der Waals surface area (Å²) in [6, 6.07) is 8.75. The number of amides is 1. The SMILES string of the molecule is COc1ccc2[nH]cc(CCNC(=O)Cc3c(C)c4ccc(OC(C)=O)c(OC(C)=O)c4oc3=O)c2c1. The molecule has 2 aromatic carbocycles. The van der Waals surface area contributed by atoms with Crippen LogP contribution in [0.15, 0.2) is 45.7 Å². The fraction of sp³-hybridized carbons (Fsp3) is 0.259. The molecule has 2 N–H and O–H groups in total. The van der Waals surface area contributed by atoms with E-state index in [1.165, 1.54) is 19.9 Å². The summed E-state index contributed by atoms with van der Waals surface area (Å²) in [6.45, 7) is 4.40. The third-order valence-electron chi connectivity index (χ3n) is 5.90. The van der Waals surface area contributed by atoms with Crippen molar-refractivity contribution in [3.8, 4) is 17.2 Å². The number of rotatable bonds is 8. The van der Waals surface area contributed by atoms with Gasteiger partial charge in [-0.25, -0.2) is 4.79 Å². The smallest absolute Gasteiger partial charge is 0.340 e. The zero-order chi connectivity index (χ0) is 26.7. The molecule has 0 bridgehead atoms. The number of fused-ring (bicyclic) bond motifs is 2. The van der Waals surface area contributed by atoms with E-state index < -0.39 is 17.6 Å². The van der Waals surface area contributed by atoms with Crippen LogP contribution in [0.2, 0.25) is 0 Å². The predicted octanol–water partition coefficient (Wildman–Crippen LogP) is 3.34. The molecule has 4 rings (SSSR count). The highest BCUT2D eigenvalue weighted by molar-refractivity contribution is 5.92. The molecule has 37 heavy (non-hydrogen) atoms. The highest BCUT2D eigenvalue weighted by atomic mass is 16.6. The molecular formula is C27H26N2O8. The van der Waals surface area contributed by atoms with Gasteiger partial charge >= 0.3 is 17.6 Å². The fourth-order valence-corrected chi connectivity index (χ4v) is 4.14. The van der Waals surface area contributed by atoms with Gasteiger partial charge in [0.1, 0.15) is 5.75 Å². The molecule has 0 saturated heterocycles. The van der Waals surface area contributed by atoms with Gasteiger partial charge in [-0.1, -0.05) is 0 Å². The van der Waals surface area contributed by atoms with Crippen LogP contribution < -0.4 is 25.2 Å². The Hall–Kier alpha value is -4.60. The predicted molar refractivity (Wildman–Crippen MR) is 135 cm³/mol. The Bertz CT molecular complexity index is 1580. The van der Waals surface area contributed by atoms with Crippen molar-refractivity contribution < 1.29 is 33.0 Å². The van der Waals surface area contributed by atoms with Gasteiger partial charge in [0.05, 0.1) is 19.1 Å². The number of hydrogen-bond donors (Lipinski definition) is 2. The van der Waals surface area contributed by atoms with Gasteiger partial charge in [0.25, 0.3) is 0 Å². The number of hydrogen-bond acceptors (Lipinski definition) is 8. The molecule has 10 nitrogen and oxygen atoms in total. The number of benzene rings is 2. The molecule has 0 spiro atoms. The second kappa shape index (κ2) is 10.6. The molecule has 0 aliphatic rings. The topological polar surface area (TPSA) is 137 Å². The van der Waals surface area contributed by atoms with E-state index in [-0.39, 0.29) is 35.0 Å².